The van der Waals surface area contributed by atoms with Gasteiger partial charge in [-0.15, -0.1) is 0 Å². The highest BCUT2D eigenvalue weighted by Crippen LogP contribution is 2.13. The van der Waals surface area contributed by atoms with E-state index in [4.69, 9.17) is 0 Å². The van der Waals surface area contributed by atoms with Crippen LogP contribution in [0.1, 0.15) is 34.1 Å². The summed E-state index contributed by atoms with van der Waals surface area (Å²) in [6, 6.07) is 0.0207. The molecule has 76 valence electrons. The van der Waals surface area contributed by atoms with Crippen LogP contribution in [0.3, 0.4) is 0 Å². The number of aliphatic hydroxyl groups is 1. The summed E-state index contributed by atoms with van der Waals surface area (Å²) in [4.78, 5) is 10.3. The van der Waals surface area contributed by atoms with Crippen LogP contribution in [-0.4, -0.2) is 17.6 Å². The fraction of sp³-hybridized carbons (Fsp3) is 0.700. The third kappa shape index (κ3) is 4.55. The van der Waals surface area contributed by atoms with Crippen molar-refractivity contribution in [2.24, 2.45) is 5.92 Å². The number of carbonyl (C=O) groups is 1. The Balaban J connectivity index is 4.26. The second kappa shape index (κ2) is 5.62. The number of carbonyl (C=O) groups excluding carboxylic acids is 1. The molecule has 0 aliphatic carbocycles. The number of allylic oxidation sites excluding steroid dienone is 1. The van der Waals surface area contributed by atoms with E-state index in [2.05, 4.69) is 5.32 Å². The normalized spacial score (nSPS) is 12.4. The smallest absolute Gasteiger partial charge is 0.207 e. The molecule has 0 aromatic heterocycles. The van der Waals surface area contributed by atoms with Crippen molar-refractivity contribution in [2.45, 2.75) is 40.2 Å². The first-order chi connectivity index (χ1) is 5.99. The minimum Gasteiger partial charge on any atom is -0.512 e. The van der Waals surface area contributed by atoms with E-state index in [1.54, 1.807) is 0 Å². The third-order valence-electron chi connectivity index (χ3n) is 2.08. The van der Waals surface area contributed by atoms with Crippen LogP contribution in [0, 0.1) is 5.92 Å². The lowest BCUT2D eigenvalue weighted by atomic mass is 9.99. The summed E-state index contributed by atoms with van der Waals surface area (Å²) in [6.45, 7) is 7.74. The van der Waals surface area contributed by atoms with Gasteiger partial charge in [0.2, 0.25) is 6.41 Å². The Labute approximate surface area is 79.8 Å². The number of amides is 1. The van der Waals surface area contributed by atoms with E-state index in [0.29, 0.717) is 24.5 Å². The van der Waals surface area contributed by atoms with Gasteiger partial charge in [-0.25, -0.2) is 0 Å². The molecule has 13 heavy (non-hydrogen) atoms. The second-order valence-corrected chi connectivity index (χ2v) is 3.79. The van der Waals surface area contributed by atoms with Crippen molar-refractivity contribution in [1.82, 2.24) is 5.32 Å². The predicted molar refractivity (Wildman–Crippen MR) is 53.4 cm³/mol. The molecular formula is C10H19NO2. The highest BCUT2D eigenvalue weighted by Gasteiger charge is 2.14. The van der Waals surface area contributed by atoms with Gasteiger partial charge in [0, 0.05) is 12.5 Å². The van der Waals surface area contributed by atoms with Gasteiger partial charge in [-0.1, -0.05) is 13.8 Å². The molecule has 0 aliphatic rings. The van der Waals surface area contributed by atoms with E-state index in [9.17, 15) is 9.90 Å². The second-order valence-electron chi connectivity index (χ2n) is 3.79. The molecule has 0 saturated heterocycles. The molecule has 3 nitrogen and oxygen atoms in total. The number of nitrogens with one attached hydrogen (secondary N) is 1. The molecule has 0 saturated carbocycles. The van der Waals surface area contributed by atoms with Crippen molar-refractivity contribution in [3.63, 3.8) is 0 Å². The van der Waals surface area contributed by atoms with Crippen molar-refractivity contribution in [3.05, 3.63) is 11.3 Å². The summed E-state index contributed by atoms with van der Waals surface area (Å²) in [5.41, 5.74) is 0.901. The summed E-state index contributed by atoms with van der Waals surface area (Å²) in [5, 5.41) is 12.2. The van der Waals surface area contributed by atoms with E-state index in [0.717, 1.165) is 5.57 Å². The van der Waals surface area contributed by atoms with Crippen molar-refractivity contribution < 1.29 is 9.90 Å². The van der Waals surface area contributed by atoms with Gasteiger partial charge < -0.3 is 10.4 Å². The molecule has 0 bridgehead atoms. The monoisotopic (exact) mass is 185 g/mol. The number of rotatable bonds is 5. The Bertz CT molecular complexity index is 193. The first-order valence-electron chi connectivity index (χ1n) is 4.54. The maximum atomic E-state index is 10.3. The maximum Gasteiger partial charge on any atom is 0.207 e. The maximum absolute atomic E-state index is 10.3. The van der Waals surface area contributed by atoms with E-state index >= 15 is 0 Å². The molecule has 0 spiro atoms. The highest BCUT2D eigenvalue weighted by atomic mass is 16.3. The van der Waals surface area contributed by atoms with Crippen molar-refractivity contribution >= 4 is 6.41 Å². The fourth-order valence-electron chi connectivity index (χ4n) is 0.987. The van der Waals surface area contributed by atoms with Gasteiger partial charge in [0.25, 0.3) is 0 Å². The van der Waals surface area contributed by atoms with Gasteiger partial charge >= 0.3 is 0 Å². The fourth-order valence-corrected chi connectivity index (χ4v) is 0.987. The molecule has 0 aromatic rings. The average Bonchev–Trinajstić information content (AvgIpc) is 2.03. The topological polar surface area (TPSA) is 49.3 Å². The molecule has 1 atom stereocenters. The molecule has 0 rings (SSSR count). The van der Waals surface area contributed by atoms with E-state index in [1.807, 2.05) is 27.7 Å². The molecule has 0 aliphatic heterocycles. The summed E-state index contributed by atoms with van der Waals surface area (Å²) in [6.07, 6.45) is 1.20. The van der Waals surface area contributed by atoms with Gasteiger partial charge in [-0.05, 0) is 25.3 Å². The number of aliphatic hydroxyl groups excluding tert-OH is 1. The molecule has 1 unspecified atom stereocenters. The van der Waals surface area contributed by atoms with Crippen LogP contribution in [0.15, 0.2) is 11.3 Å². The summed E-state index contributed by atoms with van der Waals surface area (Å²) in [5.74, 6) is 0.694. The van der Waals surface area contributed by atoms with E-state index in [1.165, 1.54) is 0 Å². The van der Waals surface area contributed by atoms with Crippen LogP contribution < -0.4 is 5.32 Å². The van der Waals surface area contributed by atoms with Crippen LogP contribution in [0.2, 0.25) is 0 Å². The average molecular weight is 185 g/mol. The largest absolute Gasteiger partial charge is 0.512 e. The van der Waals surface area contributed by atoms with Gasteiger partial charge in [0.1, 0.15) is 0 Å². The van der Waals surface area contributed by atoms with Crippen molar-refractivity contribution in [2.75, 3.05) is 0 Å². The quantitative estimate of drug-likeness (QED) is 0.508. The number of hydrogen-bond donors (Lipinski definition) is 2. The van der Waals surface area contributed by atoms with Crippen molar-refractivity contribution in [3.8, 4) is 0 Å². The van der Waals surface area contributed by atoms with Crippen LogP contribution in [-0.2, 0) is 4.79 Å². The first-order valence-corrected chi connectivity index (χ1v) is 4.54. The summed E-state index contributed by atoms with van der Waals surface area (Å²) >= 11 is 0. The first kappa shape index (κ1) is 12.0. The molecule has 0 aromatic carbocycles. The Morgan fingerprint density at radius 2 is 2.00 bits per heavy atom. The molecule has 2 N–H and O–H groups in total. The Morgan fingerprint density at radius 1 is 1.46 bits per heavy atom. The SMILES string of the molecule is CC(C)=C(O)CC(NC=O)C(C)C. The zero-order valence-corrected chi connectivity index (χ0v) is 8.79. The molecular weight excluding hydrogens is 166 g/mol. The minimum atomic E-state index is 0.0207. The van der Waals surface area contributed by atoms with Gasteiger partial charge in [0.05, 0.1) is 5.76 Å². The highest BCUT2D eigenvalue weighted by molar-refractivity contribution is 5.46. The van der Waals surface area contributed by atoms with E-state index in [-0.39, 0.29) is 6.04 Å². The van der Waals surface area contributed by atoms with Gasteiger partial charge in [-0.3, -0.25) is 4.79 Å². The minimum absolute atomic E-state index is 0.0207. The molecule has 0 heterocycles. The zero-order valence-electron chi connectivity index (χ0n) is 8.79. The lowest BCUT2D eigenvalue weighted by Crippen LogP contribution is -2.33. The predicted octanol–water partition coefficient (Wildman–Crippen LogP) is 2.00. The molecule has 3 heteroatoms. The van der Waals surface area contributed by atoms with Gasteiger partial charge in [0.15, 0.2) is 0 Å². The van der Waals surface area contributed by atoms with Crippen LogP contribution in [0.25, 0.3) is 0 Å². The lowest BCUT2D eigenvalue weighted by Gasteiger charge is -2.19. The Hall–Kier alpha value is -0.990. The third-order valence-corrected chi connectivity index (χ3v) is 2.08. The molecule has 1 amide bonds. The van der Waals surface area contributed by atoms with Crippen LogP contribution >= 0.6 is 0 Å². The summed E-state index contributed by atoms with van der Waals surface area (Å²) in [7, 11) is 0. The van der Waals surface area contributed by atoms with E-state index < -0.39 is 0 Å². The Kier molecular flexibility index (Phi) is 5.19. The number of hydrogen-bond acceptors (Lipinski definition) is 2. The van der Waals surface area contributed by atoms with Crippen LogP contribution in [0.4, 0.5) is 0 Å². The molecule has 0 fully saturated rings. The lowest BCUT2D eigenvalue weighted by molar-refractivity contribution is -0.110. The zero-order chi connectivity index (χ0) is 10.4. The summed E-state index contributed by atoms with van der Waals surface area (Å²) < 4.78 is 0. The standard InChI is InChI=1S/C10H19NO2/c1-7(2)9(11-6-12)5-10(13)8(3)4/h6-7,9,13H,5H2,1-4H3,(H,11,12). The Morgan fingerprint density at radius 3 is 2.31 bits per heavy atom. The van der Waals surface area contributed by atoms with Crippen molar-refractivity contribution in [1.29, 1.82) is 0 Å². The van der Waals surface area contributed by atoms with Gasteiger partial charge in [-0.2, -0.15) is 0 Å². The molecule has 0 radical (unpaired) electrons. The van der Waals surface area contributed by atoms with Crippen LogP contribution in [0.5, 0.6) is 0 Å².